The highest BCUT2D eigenvalue weighted by atomic mass is 19.3. The van der Waals surface area contributed by atoms with Gasteiger partial charge in [0.25, 0.3) is 18.3 Å². The van der Waals surface area contributed by atoms with Crippen LogP contribution in [0, 0.1) is 0 Å². The Morgan fingerprint density at radius 3 is 2.78 bits per heavy atom. The van der Waals surface area contributed by atoms with Crippen molar-refractivity contribution in [2.24, 2.45) is 0 Å². The molecule has 0 unspecified atom stereocenters. The minimum atomic E-state index is -2.66. The first-order valence-corrected chi connectivity index (χ1v) is 7.29. The summed E-state index contributed by atoms with van der Waals surface area (Å²) in [6.07, 6.45) is -2.66. The first kappa shape index (κ1) is 14.1. The number of halogens is 2. The second-order valence-electron chi connectivity index (χ2n) is 5.26. The van der Waals surface area contributed by atoms with E-state index < -0.39 is 6.43 Å². The molecular formula is C14H14F2N6O. The molecule has 0 atom stereocenters. The number of fused-ring (bicyclic) bond motifs is 1. The number of benzene rings is 1. The number of nitrogens with one attached hydrogen (secondary N) is 2. The number of piperazine rings is 1. The number of alkyl halides is 2. The van der Waals surface area contributed by atoms with Gasteiger partial charge >= 0.3 is 0 Å². The van der Waals surface area contributed by atoms with E-state index in [0.717, 1.165) is 26.2 Å². The number of aromatic nitrogens is 4. The van der Waals surface area contributed by atoms with Crippen molar-refractivity contribution in [3.63, 3.8) is 0 Å². The average Bonchev–Trinajstić information content (AvgIpc) is 3.22. The Morgan fingerprint density at radius 1 is 1.17 bits per heavy atom. The summed E-state index contributed by atoms with van der Waals surface area (Å²) >= 11 is 0. The van der Waals surface area contributed by atoms with Crippen LogP contribution >= 0.6 is 0 Å². The Morgan fingerprint density at radius 2 is 2.00 bits per heavy atom. The van der Waals surface area contributed by atoms with Crippen molar-refractivity contribution in [3.8, 4) is 11.5 Å². The van der Waals surface area contributed by atoms with Crippen molar-refractivity contribution in [1.82, 2.24) is 25.4 Å². The fraction of sp³-hybridized carbons (Fsp3) is 0.357. The Balaban J connectivity index is 1.72. The second-order valence-corrected chi connectivity index (χ2v) is 5.26. The van der Waals surface area contributed by atoms with Gasteiger partial charge in [0.05, 0.1) is 11.1 Å². The zero-order valence-electron chi connectivity index (χ0n) is 12.1. The molecule has 1 saturated heterocycles. The second kappa shape index (κ2) is 5.58. The van der Waals surface area contributed by atoms with Crippen LogP contribution in [0.15, 0.2) is 22.7 Å². The first-order valence-electron chi connectivity index (χ1n) is 7.29. The van der Waals surface area contributed by atoms with E-state index in [0.29, 0.717) is 22.5 Å². The van der Waals surface area contributed by atoms with Crippen molar-refractivity contribution in [3.05, 3.63) is 24.0 Å². The van der Waals surface area contributed by atoms with Crippen LogP contribution in [-0.4, -0.2) is 46.3 Å². The molecule has 3 heterocycles. The topological polar surface area (TPSA) is 82.9 Å². The van der Waals surface area contributed by atoms with Crippen LogP contribution < -0.4 is 10.2 Å². The smallest absolute Gasteiger partial charge is 0.295 e. The van der Waals surface area contributed by atoms with E-state index in [9.17, 15) is 8.78 Å². The van der Waals surface area contributed by atoms with Gasteiger partial charge in [0.15, 0.2) is 5.82 Å². The van der Waals surface area contributed by atoms with Gasteiger partial charge in [-0.15, -0.1) is 0 Å². The molecular weight excluding hydrogens is 306 g/mol. The SMILES string of the molecule is FC(F)c1nc2c(-c3nc(N4CCNCC4)no3)cccc2[nH]1. The molecule has 3 aromatic rings. The van der Waals surface area contributed by atoms with Crippen molar-refractivity contribution < 1.29 is 13.3 Å². The maximum absolute atomic E-state index is 12.8. The summed E-state index contributed by atoms with van der Waals surface area (Å²) in [6.45, 7) is 3.30. The zero-order valence-corrected chi connectivity index (χ0v) is 12.1. The highest BCUT2D eigenvalue weighted by Gasteiger charge is 2.20. The molecule has 0 bridgehead atoms. The van der Waals surface area contributed by atoms with Crippen LogP contribution in [0.4, 0.5) is 14.7 Å². The van der Waals surface area contributed by atoms with Crippen molar-refractivity contribution >= 4 is 17.0 Å². The van der Waals surface area contributed by atoms with Crippen LogP contribution in [0.3, 0.4) is 0 Å². The molecule has 0 saturated carbocycles. The Labute approximate surface area is 129 Å². The number of H-pyrrole nitrogens is 1. The van der Waals surface area contributed by atoms with E-state index in [1.807, 2.05) is 4.90 Å². The van der Waals surface area contributed by atoms with Gasteiger partial charge in [-0.05, 0) is 17.3 Å². The van der Waals surface area contributed by atoms with Crippen LogP contribution in [0.25, 0.3) is 22.5 Å². The Bertz CT molecular complexity index is 824. The van der Waals surface area contributed by atoms with E-state index in [1.165, 1.54) is 0 Å². The lowest BCUT2D eigenvalue weighted by Gasteiger charge is -2.25. The Kier molecular flexibility index (Phi) is 3.41. The standard InChI is InChI=1S/C14H14F2N6O/c15-11(16)12-18-9-3-1-2-8(10(9)19-12)13-20-14(21-23-13)22-6-4-17-5-7-22/h1-3,11,17H,4-7H2,(H,18,19). The first-order chi connectivity index (χ1) is 11.2. The van der Waals surface area contributed by atoms with Gasteiger partial charge in [0, 0.05) is 26.2 Å². The number of nitrogens with zero attached hydrogens (tertiary/aromatic N) is 4. The fourth-order valence-electron chi connectivity index (χ4n) is 2.65. The van der Waals surface area contributed by atoms with Crippen LogP contribution in [-0.2, 0) is 0 Å². The van der Waals surface area contributed by atoms with Gasteiger partial charge in [-0.1, -0.05) is 6.07 Å². The minimum Gasteiger partial charge on any atom is -0.337 e. The minimum absolute atomic E-state index is 0.274. The van der Waals surface area contributed by atoms with Gasteiger partial charge in [0.1, 0.15) is 5.52 Å². The largest absolute Gasteiger partial charge is 0.337 e. The quantitative estimate of drug-likeness (QED) is 0.767. The summed E-state index contributed by atoms with van der Waals surface area (Å²) in [5, 5.41) is 7.24. The molecule has 1 aromatic carbocycles. The molecule has 1 aliphatic heterocycles. The highest BCUT2D eigenvalue weighted by molar-refractivity contribution is 5.89. The number of rotatable bonds is 3. The predicted octanol–water partition coefficient (Wildman–Crippen LogP) is 1.96. The lowest BCUT2D eigenvalue weighted by molar-refractivity contribution is 0.142. The molecule has 0 aliphatic carbocycles. The third kappa shape index (κ3) is 2.52. The summed E-state index contributed by atoms with van der Waals surface area (Å²) in [7, 11) is 0. The predicted molar refractivity (Wildman–Crippen MR) is 79.4 cm³/mol. The molecule has 1 aliphatic rings. The number of aromatic amines is 1. The monoisotopic (exact) mass is 320 g/mol. The maximum Gasteiger partial charge on any atom is 0.295 e. The van der Waals surface area contributed by atoms with E-state index in [2.05, 4.69) is 25.4 Å². The number of para-hydroxylation sites is 1. The molecule has 120 valence electrons. The van der Waals surface area contributed by atoms with Crippen molar-refractivity contribution in [1.29, 1.82) is 0 Å². The number of hydrogen-bond acceptors (Lipinski definition) is 6. The summed E-state index contributed by atoms with van der Waals surface area (Å²) < 4.78 is 31.0. The normalized spacial score (nSPS) is 15.7. The zero-order chi connectivity index (χ0) is 15.8. The van der Waals surface area contributed by atoms with E-state index >= 15 is 0 Å². The van der Waals surface area contributed by atoms with Gasteiger partial charge < -0.3 is 19.7 Å². The lowest BCUT2D eigenvalue weighted by atomic mass is 10.2. The Hall–Kier alpha value is -2.55. The van der Waals surface area contributed by atoms with Crippen LogP contribution in [0.5, 0.6) is 0 Å². The molecule has 0 amide bonds. The molecule has 23 heavy (non-hydrogen) atoms. The van der Waals surface area contributed by atoms with Crippen molar-refractivity contribution in [2.75, 3.05) is 31.1 Å². The third-order valence-electron chi connectivity index (χ3n) is 3.78. The summed E-state index contributed by atoms with van der Waals surface area (Å²) in [5.41, 5.74) is 1.46. The van der Waals surface area contributed by atoms with Crippen LogP contribution in [0.2, 0.25) is 0 Å². The highest BCUT2D eigenvalue weighted by Crippen LogP contribution is 2.29. The van der Waals surface area contributed by atoms with E-state index in [-0.39, 0.29) is 11.7 Å². The number of anilines is 1. The summed E-state index contributed by atoms with van der Waals surface area (Å²) in [5.74, 6) is 0.411. The van der Waals surface area contributed by atoms with Crippen LogP contribution in [0.1, 0.15) is 12.2 Å². The van der Waals surface area contributed by atoms with Gasteiger partial charge in [-0.25, -0.2) is 13.8 Å². The van der Waals surface area contributed by atoms with Gasteiger partial charge in [0.2, 0.25) is 0 Å². The molecule has 2 N–H and O–H groups in total. The number of imidazole rings is 1. The fourth-order valence-corrected chi connectivity index (χ4v) is 2.65. The molecule has 0 spiro atoms. The maximum atomic E-state index is 12.8. The third-order valence-corrected chi connectivity index (χ3v) is 3.78. The van der Waals surface area contributed by atoms with E-state index in [4.69, 9.17) is 4.52 Å². The number of hydrogen-bond donors (Lipinski definition) is 2. The summed E-state index contributed by atoms with van der Waals surface area (Å²) in [4.78, 5) is 13.0. The van der Waals surface area contributed by atoms with Gasteiger partial charge in [-0.2, -0.15) is 4.98 Å². The molecule has 1 fully saturated rings. The molecule has 2 aromatic heterocycles. The van der Waals surface area contributed by atoms with Gasteiger partial charge in [-0.3, -0.25) is 0 Å². The lowest BCUT2D eigenvalue weighted by Crippen LogP contribution is -2.44. The average molecular weight is 320 g/mol. The molecule has 4 rings (SSSR count). The van der Waals surface area contributed by atoms with Crippen molar-refractivity contribution in [2.45, 2.75) is 6.43 Å². The molecule has 0 radical (unpaired) electrons. The summed E-state index contributed by atoms with van der Waals surface area (Å²) in [6, 6.07) is 5.15. The van der Waals surface area contributed by atoms with E-state index in [1.54, 1.807) is 18.2 Å². The molecule has 9 heteroatoms. The molecule has 7 nitrogen and oxygen atoms in total.